The Morgan fingerprint density at radius 1 is 0.253 bits per heavy atom. The zero-order valence-electron chi connectivity index (χ0n) is 54.7. The molecule has 0 fully saturated rings. The van der Waals surface area contributed by atoms with Crippen LogP contribution in [0.4, 0.5) is 0 Å². The van der Waals surface area contributed by atoms with Crippen LogP contribution < -0.4 is 0 Å². The minimum Gasteiger partial charge on any atom is -0.462 e. The molecule has 0 spiro atoms. The van der Waals surface area contributed by atoms with Crippen LogP contribution in [0.15, 0.2) is 109 Å². The lowest BCUT2D eigenvalue weighted by Gasteiger charge is -2.18. The van der Waals surface area contributed by atoms with Crippen LogP contribution in [0.1, 0.15) is 342 Å². The highest BCUT2D eigenvalue weighted by Crippen LogP contribution is 2.17. The largest absolute Gasteiger partial charge is 0.462 e. The first-order valence-electron chi connectivity index (χ1n) is 35.4. The number of unbranched alkanes of at least 4 members (excludes halogenated alkanes) is 35. The van der Waals surface area contributed by atoms with Gasteiger partial charge < -0.3 is 14.2 Å². The van der Waals surface area contributed by atoms with E-state index in [4.69, 9.17) is 14.2 Å². The molecule has 0 N–H and O–H groups in total. The van der Waals surface area contributed by atoms with Gasteiger partial charge in [-0.25, -0.2) is 0 Å². The van der Waals surface area contributed by atoms with E-state index in [2.05, 4.69) is 130 Å². The van der Waals surface area contributed by atoms with E-state index in [-0.39, 0.29) is 37.5 Å². The molecule has 6 heteroatoms. The Morgan fingerprint density at radius 3 is 0.783 bits per heavy atom. The lowest BCUT2D eigenvalue weighted by molar-refractivity contribution is -0.167. The summed E-state index contributed by atoms with van der Waals surface area (Å²) in [4.78, 5) is 38.4. The van der Waals surface area contributed by atoms with E-state index in [1.54, 1.807) is 0 Å². The first-order valence-corrected chi connectivity index (χ1v) is 35.4. The van der Waals surface area contributed by atoms with Gasteiger partial charge >= 0.3 is 17.9 Å². The number of carbonyl (C=O) groups excluding carboxylic acids is 3. The van der Waals surface area contributed by atoms with Gasteiger partial charge in [0.05, 0.1) is 0 Å². The summed E-state index contributed by atoms with van der Waals surface area (Å²) in [5.74, 6) is -0.938. The molecule has 0 aromatic heterocycles. The Kier molecular flexibility index (Phi) is 67.2. The molecule has 0 aliphatic carbocycles. The second-order valence-electron chi connectivity index (χ2n) is 23.4. The van der Waals surface area contributed by atoms with Gasteiger partial charge in [-0.2, -0.15) is 0 Å². The smallest absolute Gasteiger partial charge is 0.306 e. The van der Waals surface area contributed by atoms with Gasteiger partial charge in [-0.3, -0.25) is 14.4 Å². The third-order valence-corrected chi connectivity index (χ3v) is 15.2. The SMILES string of the molecule is CC/C=C\C/C=C\C/C=C\C/C=C\C/C=C\C/C=C\CCCCC(=O)OC(COC(=O)CCCCCCC/C=C\CCCCCC)COC(=O)CCCCCCCCCCCCCCCCCCCCC/C=C\C/C=C\CCCCCCC. The Balaban J connectivity index is 4.27. The molecular weight excluding hydrogens is 1020 g/mol. The van der Waals surface area contributed by atoms with E-state index in [0.717, 1.165) is 109 Å². The molecule has 0 aromatic rings. The summed E-state index contributed by atoms with van der Waals surface area (Å²) in [5, 5.41) is 0. The van der Waals surface area contributed by atoms with Crippen molar-refractivity contribution in [2.45, 2.75) is 348 Å². The van der Waals surface area contributed by atoms with Crippen molar-refractivity contribution < 1.29 is 28.6 Å². The van der Waals surface area contributed by atoms with Crippen LogP contribution in [0, 0.1) is 0 Å². The third kappa shape index (κ3) is 68.7. The van der Waals surface area contributed by atoms with Gasteiger partial charge in [-0.15, -0.1) is 0 Å². The first-order chi connectivity index (χ1) is 41.0. The second kappa shape index (κ2) is 70.6. The molecule has 0 radical (unpaired) electrons. The predicted molar refractivity (Wildman–Crippen MR) is 362 cm³/mol. The van der Waals surface area contributed by atoms with Crippen LogP contribution in [0.3, 0.4) is 0 Å². The molecule has 0 rings (SSSR count). The fraction of sp³-hybridized carbons (Fsp3) is 0.727. The van der Waals surface area contributed by atoms with Crippen molar-refractivity contribution in [3.63, 3.8) is 0 Å². The Morgan fingerprint density at radius 2 is 0.470 bits per heavy atom. The molecule has 0 aliphatic heterocycles. The van der Waals surface area contributed by atoms with Crippen molar-refractivity contribution >= 4 is 17.9 Å². The maximum Gasteiger partial charge on any atom is 0.306 e. The molecule has 6 nitrogen and oxygen atoms in total. The van der Waals surface area contributed by atoms with Gasteiger partial charge in [0, 0.05) is 19.3 Å². The van der Waals surface area contributed by atoms with Crippen molar-refractivity contribution in [3.8, 4) is 0 Å². The number of rotatable bonds is 64. The van der Waals surface area contributed by atoms with Crippen molar-refractivity contribution in [2.75, 3.05) is 13.2 Å². The van der Waals surface area contributed by atoms with Crippen molar-refractivity contribution in [1.29, 1.82) is 0 Å². The van der Waals surface area contributed by atoms with Gasteiger partial charge in [-0.05, 0) is 128 Å². The van der Waals surface area contributed by atoms with Gasteiger partial charge in [-0.1, -0.05) is 304 Å². The Hall–Kier alpha value is -3.93. The minimum absolute atomic E-state index is 0.0968. The fourth-order valence-corrected chi connectivity index (χ4v) is 9.94. The number of allylic oxidation sites excluding steroid dienone is 18. The van der Waals surface area contributed by atoms with E-state index < -0.39 is 6.10 Å². The molecular formula is C77H132O6. The molecule has 0 saturated carbocycles. The summed E-state index contributed by atoms with van der Waals surface area (Å²) in [6.07, 6.45) is 97.0. The zero-order chi connectivity index (χ0) is 59.9. The van der Waals surface area contributed by atoms with Gasteiger partial charge in [0.1, 0.15) is 13.2 Å². The fourth-order valence-electron chi connectivity index (χ4n) is 9.94. The van der Waals surface area contributed by atoms with E-state index >= 15 is 0 Å². The van der Waals surface area contributed by atoms with E-state index in [1.807, 2.05) is 0 Å². The summed E-state index contributed by atoms with van der Waals surface area (Å²) in [6, 6.07) is 0. The summed E-state index contributed by atoms with van der Waals surface area (Å²) in [5.41, 5.74) is 0. The zero-order valence-corrected chi connectivity index (χ0v) is 54.7. The van der Waals surface area contributed by atoms with Crippen molar-refractivity contribution in [3.05, 3.63) is 109 Å². The second-order valence-corrected chi connectivity index (χ2v) is 23.4. The van der Waals surface area contributed by atoms with E-state index in [1.165, 1.54) is 186 Å². The maximum absolute atomic E-state index is 12.9. The maximum atomic E-state index is 12.9. The summed E-state index contributed by atoms with van der Waals surface area (Å²) < 4.78 is 16.9. The molecule has 0 bridgehead atoms. The van der Waals surface area contributed by atoms with Gasteiger partial charge in [0.25, 0.3) is 0 Å². The minimum atomic E-state index is -0.806. The van der Waals surface area contributed by atoms with Gasteiger partial charge in [0.15, 0.2) is 6.10 Å². The van der Waals surface area contributed by atoms with E-state index in [9.17, 15) is 14.4 Å². The lowest BCUT2D eigenvalue weighted by Crippen LogP contribution is -2.30. The predicted octanol–water partition coefficient (Wildman–Crippen LogP) is 24.6. The lowest BCUT2D eigenvalue weighted by atomic mass is 10.0. The van der Waals surface area contributed by atoms with Crippen LogP contribution >= 0.6 is 0 Å². The quantitative estimate of drug-likeness (QED) is 0.0261. The first kappa shape index (κ1) is 79.1. The molecule has 476 valence electrons. The normalized spacial score (nSPS) is 12.8. The highest BCUT2D eigenvalue weighted by molar-refractivity contribution is 5.71. The monoisotopic (exact) mass is 1150 g/mol. The van der Waals surface area contributed by atoms with Crippen LogP contribution in [-0.4, -0.2) is 37.2 Å². The molecule has 0 amide bonds. The molecule has 0 aromatic carbocycles. The van der Waals surface area contributed by atoms with Crippen LogP contribution in [0.2, 0.25) is 0 Å². The standard InChI is InChI=1S/C77H132O6/c1-4-7-10-13-16-19-22-25-27-29-31-33-34-35-36-37-38-39-40-41-42-44-45-47-49-52-55-58-61-64-67-70-76(79)82-73-74(72-81-75(78)69-66-63-60-57-54-51-24-21-18-15-12-9-6-3)83-77(80)71-68-65-62-59-56-53-50-48-46-43-32-30-28-26-23-20-17-14-11-8-5-2/h8,11,17,20-22,24-26,28-29,31-32,43,48,50,56,59,74H,4-7,9-10,12-16,18-19,23,27,30,33-42,44-47,49,51-55,57-58,60-73H2,1-3H3/b11-8-,20-17-,24-21-,25-22-,28-26-,31-29-,43-32-,50-48-,59-56-. The number of esters is 3. The highest BCUT2D eigenvalue weighted by atomic mass is 16.6. The highest BCUT2D eigenvalue weighted by Gasteiger charge is 2.19. The van der Waals surface area contributed by atoms with Gasteiger partial charge in [0.2, 0.25) is 0 Å². The summed E-state index contributed by atoms with van der Waals surface area (Å²) in [7, 11) is 0. The Bertz CT molecular complexity index is 1660. The molecule has 1 atom stereocenters. The number of carbonyl (C=O) groups is 3. The number of hydrogen-bond donors (Lipinski definition) is 0. The Labute approximate surface area is 514 Å². The molecule has 0 aliphatic rings. The summed E-state index contributed by atoms with van der Waals surface area (Å²) >= 11 is 0. The topological polar surface area (TPSA) is 78.9 Å². The number of ether oxygens (including phenoxy) is 3. The molecule has 0 heterocycles. The van der Waals surface area contributed by atoms with Crippen molar-refractivity contribution in [1.82, 2.24) is 0 Å². The van der Waals surface area contributed by atoms with Crippen LogP contribution in [0.5, 0.6) is 0 Å². The third-order valence-electron chi connectivity index (χ3n) is 15.2. The van der Waals surface area contributed by atoms with Crippen LogP contribution in [0.25, 0.3) is 0 Å². The molecule has 1 unspecified atom stereocenters. The number of hydrogen-bond acceptors (Lipinski definition) is 6. The van der Waals surface area contributed by atoms with Crippen molar-refractivity contribution in [2.24, 2.45) is 0 Å². The summed E-state index contributed by atoms with van der Waals surface area (Å²) in [6.45, 7) is 6.49. The average molecular weight is 1150 g/mol. The molecule has 83 heavy (non-hydrogen) atoms. The van der Waals surface area contributed by atoms with Crippen LogP contribution in [-0.2, 0) is 28.6 Å². The average Bonchev–Trinajstić information content (AvgIpc) is 3.49. The van der Waals surface area contributed by atoms with E-state index in [0.29, 0.717) is 19.3 Å². The molecule has 0 saturated heterocycles.